The predicted molar refractivity (Wildman–Crippen MR) is 60.6 cm³/mol. The lowest BCUT2D eigenvalue weighted by Gasteiger charge is -2.17. The van der Waals surface area contributed by atoms with Gasteiger partial charge in [0.1, 0.15) is 0 Å². The van der Waals surface area contributed by atoms with Crippen molar-refractivity contribution in [2.75, 3.05) is 13.2 Å². The van der Waals surface area contributed by atoms with Crippen LogP contribution in [0.3, 0.4) is 0 Å². The molecule has 0 aromatic heterocycles. The highest BCUT2D eigenvalue weighted by atomic mass is 16.5. The van der Waals surface area contributed by atoms with Crippen LogP contribution in [0.1, 0.15) is 33.1 Å². The Morgan fingerprint density at radius 3 is 2.41 bits per heavy atom. The summed E-state index contributed by atoms with van der Waals surface area (Å²) < 4.78 is 5.12. The van der Waals surface area contributed by atoms with E-state index in [9.17, 15) is 14.4 Å². The van der Waals surface area contributed by atoms with Crippen LogP contribution >= 0.6 is 0 Å². The first-order valence-corrected chi connectivity index (χ1v) is 5.64. The highest BCUT2D eigenvalue weighted by molar-refractivity contribution is 6.36. The number of amides is 1. The second-order valence-electron chi connectivity index (χ2n) is 3.54. The largest absolute Gasteiger partial charge is 0.481 e. The summed E-state index contributed by atoms with van der Waals surface area (Å²) in [6.07, 6.45) is 0.308. The first-order valence-electron chi connectivity index (χ1n) is 5.64. The molecule has 17 heavy (non-hydrogen) atoms. The standard InChI is InChI=1S/C11H19NO5/c1-3-9(13)11(16)12-8(7-17-4-2)5-6-10(14)15/h8H,3-7H2,1-2H3,(H,12,16)(H,14,15)/t8-/m1/s1. The molecular weight excluding hydrogens is 226 g/mol. The van der Waals surface area contributed by atoms with E-state index in [1.165, 1.54) is 0 Å². The molecule has 6 nitrogen and oxygen atoms in total. The van der Waals surface area contributed by atoms with Gasteiger partial charge in [-0.2, -0.15) is 0 Å². The molecular formula is C11H19NO5. The van der Waals surface area contributed by atoms with Crippen LogP contribution in [0.4, 0.5) is 0 Å². The van der Waals surface area contributed by atoms with E-state index in [1.807, 2.05) is 0 Å². The van der Waals surface area contributed by atoms with Gasteiger partial charge in [-0.1, -0.05) is 6.92 Å². The van der Waals surface area contributed by atoms with Crippen LogP contribution in [0.5, 0.6) is 0 Å². The fourth-order valence-corrected chi connectivity index (χ4v) is 1.18. The third kappa shape index (κ3) is 7.46. The van der Waals surface area contributed by atoms with Crippen LogP contribution in [0.15, 0.2) is 0 Å². The molecule has 0 heterocycles. The third-order valence-electron chi connectivity index (χ3n) is 2.14. The second kappa shape index (κ2) is 8.69. The van der Waals surface area contributed by atoms with Crippen molar-refractivity contribution >= 4 is 17.7 Å². The lowest BCUT2D eigenvalue weighted by atomic mass is 10.1. The number of carboxylic acid groups (broad SMARTS) is 1. The molecule has 0 aromatic carbocycles. The van der Waals surface area contributed by atoms with Crippen LogP contribution in [-0.4, -0.2) is 42.0 Å². The number of Topliss-reactive ketones (excluding diaryl/α,β-unsaturated/α-hetero) is 1. The minimum atomic E-state index is -0.942. The van der Waals surface area contributed by atoms with E-state index < -0.39 is 23.7 Å². The number of aliphatic carboxylic acids is 1. The topological polar surface area (TPSA) is 92.7 Å². The van der Waals surface area contributed by atoms with Gasteiger partial charge in [-0.05, 0) is 13.3 Å². The molecule has 0 spiro atoms. The first-order chi connectivity index (χ1) is 8.01. The van der Waals surface area contributed by atoms with E-state index in [0.717, 1.165) is 0 Å². The van der Waals surface area contributed by atoms with Crippen LogP contribution in [0.25, 0.3) is 0 Å². The number of ether oxygens (including phenoxy) is 1. The molecule has 98 valence electrons. The van der Waals surface area contributed by atoms with Gasteiger partial charge >= 0.3 is 5.97 Å². The van der Waals surface area contributed by atoms with E-state index in [2.05, 4.69) is 5.32 Å². The van der Waals surface area contributed by atoms with Crippen LogP contribution in [0.2, 0.25) is 0 Å². The van der Waals surface area contributed by atoms with Gasteiger partial charge in [-0.15, -0.1) is 0 Å². The number of hydrogen-bond donors (Lipinski definition) is 2. The smallest absolute Gasteiger partial charge is 0.303 e. The Labute approximate surface area is 100 Å². The molecule has 0 saturated carbocycles. The molecule has 0 aliphatic carbocycles. The van der Waals surface area contributed by atoms with Crippen LogP contribution in [0, 0.1) is 0 Å². The van der Waals surface area contributed by atoms with E-state index in [0.29, 0.717) is 6.61 Å². The van der Waals surface area contributed by atoms with E-state index in [-0.39, 0.29) is 25.9 Å². The highest BCUT2D eigenvalue weighted by Crippen LogP contribution is 1.99. The summed E-state index contributed by atoms with van der Waals surface area (Å²) in [5.74, 6) is -2.13. The third-order valence-corrected chi connectivity index (χ3v) is 2.14. The Kier molecular flexibility index (Phi) is 7.96. The zero-order valence-electron chi connectivity index (χ0n) is 10.2. The Morgan fingerprint density at radius 1 is 1.29 bits per heavy atom. The van der Waals surface area contributed by atoms with Crippen molar-refractivity contribution in [3.05, 3.63) is 0 Å². The summed E-state index contributed by atoms with van der Waals surface area (Å²) in [5.41, 5.74) is 0. The van der Waals surface area contributed by atoms with Crippen LogP contribution < -0.4 is 5.32 Å². The van der Waals surface area contributed by atoms with E-state index >= 15 is 0 Å². The zero-order chi connectivity index (χ0) is 13.3. The van der Waals surface area contributed by atoms with Gasteiger partial charge in [0.05, 0.1) is 12.6 Å². The Hall–Kier alpha value is -1.43. The van der Waals surface area contributed by atoms with Crippen molar-refractivity contribution in [2.24, 2.45) is 0 Å². The predicted octanol–water partition coefficient (Wildman–Crippen LogP) is 0.352. The van der Waals surface area contributed by atoms with E-state index in [4.69, 9.17) is 9.84 Å². The van der Waals surface area contributed by atoms with Gasteiger partial charge in [-0.25, -0.2) is 0 Å². The normalized spacial score (nSPS) is 11.9. The lowest BCUT2D eigenvalue weighted by molar-refractivity contribution is -0.139. The number of carbonyl (C=O) groups is 3. The number of rotatable bonds is 9. The zero-order valence-corrected chi connectivity index (χ0v) is 10.2. The molecule has 0 rings (SSSR count). The molecule has 2 N–H and O–H groups in total. The minimum absolute atomic E-state index is 0.0711. The number of hydrogen-bond acceptors (Lipinski definition) is 4. The fraction of sp³-hybridized carbons (Fsp3) is 0.727. The molecule has 1 atom stereocenters. The maximum Gasteiger partial charge on any atom is 0.303 e. The molecule has 0 fully saturated rings. The summed E-state index contributed by atoms with van der Waals surface area (Å²) in [6.45, 7) is 4.08. The van der Waals surface area contributed by atoms with Gasteiger partial charge in [-0.3, -0.25) is 14.4 Å². The van der Waals surface area contributed by atoms with Crippen molar-refractivity contribution in [2.45, 2.75) is 39.2 Å². The number of carbonyl (C=O) groups excluding carboxylic acids is 2. The summed E-state index contributed by atoms with van der Waals surface area (Å²) in [5, 5.41) is 11.0. The molecule has 0 radical (unpaired) electrons. The minimum Gasteiger partial charge on any atom is -0.481 e. The molecule has 0 unspecified atom stereocenters. The van der Waals surface area contributed by atoms with Gasteiger partial charge in [0.25, 0.3) is 5.91 Å². The monoisotopic (exact) mass is 245 g/mol. The van der Waals surface area contributed by atoms with Gasteiger partial charge in [0.15, 0.2) is 0 Å². The van der Waals surface area contributed by atoms with Crippen molar-refractivity contribution < 1.29 is 24.2 Å². The summed E-state index contributed by atoms with van der Waals surface area (Å²) in [7, 11) is 0. The molecule has 1 amide bonds. The van der Waals surface area contributed by atoms with Crippen molar-refractivity contribution in [1.82, 2.24) is 5.32 Å². The Balaban J connectivity index is 4.21. The SMILES string of the molecule is CCOC[C@@H](CCC(=O)O)NC(=O)C(=O)CC. The molecule has 0 saturated heterocycles. The summed E-state index contributed by atoms with van der Waals surface area (Å²) in [6, 6.07) is -0.436. The molecule has 6 heteroatoms. The van der Waals surface area contributed by atoms with Crippen molar-refractivity contribution in [3.8, 4) is 0 Å². The Bertz CT molecular complexity index is 277. The number of nitrogens with one attached hydrogen (secondary N) is 1. The maximum absolute atomic E-state index is 11.3. The first kappa shape index (κ1) is 15.6. The number of carboxylic acids is 1. The molecule has 0 bridgehead atoms. The molecule has 0 aliphatic rings. The fourth-order valence-electron chi connectivity index (χ4n) is 1.18. The van der Waals surface area contributed by atoms with Gasteiger partial charge < -0.3 is 15.2 Å². The van der Waals surface area contributed by atoms with Crippen molar-refractivity contribution in [1.29, 1.82) is 0 Å². The molecule has 0 aromatic rings. The average molecular weight is 245 g/mol. The highest BCUT2D eigenvalue weighted by Gasteiger charge is 2.17. The molecule has 0 aliphatic heterocycles. The van der Waals surface area contributed by atoms with Crippen molar-refractivity contribution in [3.63, 3.8) is 0 Å². The Morgan fingerprint density at radius 2 is 1.94 bits per heavy atom. The summed E-state index contributed by atoms with van der Waals surface area (Å²) in [4.78, 5) is 32.9. The lowest BCUT2D eigenvalue weighted by Crippen LogP contribution is -2.42. The van der Waals surface area contributed by atoms with Gasteiger partial charge in [0, 0.05) is 19.4 Å². The van der Waals surface area contributed by atoms with Crippen LogP contribution in [-0.2, 0) is 19.1 Å². The maximum atomic E-state index is 11.3. The second-order valence-corrected chi connectivity index (χ2v) is 3.54. The van der Waals surface area contributed by atoms with Gasteiger partial charge in [0.2, 0.25) is 5.78 Å². The summed E-state index contributed by atoms with van der Waals surface area (Å²) >= 11 is 0. The number of ketones is 1. The van der Waals surface area contributed by atoms with E-state index in [1.54, 1.807) is 13.8 Å². The average Bonchev–Trinajstić information content (AvgIpc) is 2.31. The quantitative estimate of drug-likeness (QED) is 0.572.